The molecule has 10 heteroatoms. The van der Waals surface area contributed by atoms with Gasteiger partial charge in [-0.25, -0.2) is 8.42 Å². The van der Waals surface area contributed by atoms with Crippen LogP contribution in [0.2, 0.25) is 0 Å². The second-order valence-corrected chi connectivity index (χ2v) is 11.8. The summed E-state index contributed by atoms with van der Waals surface area (Å²) in [5.41, 5.74) is 2.54. The normalized spacial score (nSPS) is 10.9. The standard InChI is InChI=1S/C29H26BrN3O4S2/c1-33(24-10-6-3-7-11-24)39(35,36)25-15-13-23(14-16-25)31-29(38)32-28(34)26-20-22(30)12-17-27(26)37-19-18-21-8-4-2-5-9-21/h2-17,20H,18-19H2,1H3,(H2,31,32,34,38). The maximum Gasteiger partial charge on any atom is 0.264 e. The highest BCUT2D eigenvalue weighted by Gasteiger charge is 2.21. The Hall–Kier alpha value is -3.73. The van der Waals surface area contributed by atoms with Crippen molar-refractivity contribution in [3.05, 3.63) is 119 Å². The minimum atomic E-state index is -3.74. The van der Waals surface area contributed by atoms with Crippen LogP contribution in [0, 0.1) is 0 Å². The second-order valence-electron chi connectivity index (χ2n) is 8.47. The van der Waals surface area contributed by atoms with Gasteiger partial charge in [-0.2, -0.15) is 0 Å². The van der Waals surface area contributed by atoms with E-state index in [-0.39, 0.29) is 10.0 Å². The van der Waals surface area contributed by atoms with Gasteiger partial charge >= 0.3 is 0 Å². The largest absolute Gasteiger partial charge is 0.492 e. The van der Waals surface area contributed by atoms with Crippen molar-refractivity contribution >= 4 is 60.6 Å². The highest BCUT2D eigenvalue weighted by molar-refractivity contribution is 9.10. The smallest absolute Gasteiger partial charge is 0.264 e. The number of hydrogen-bond donors (Lipinski definition) is 2. The predicted octanol–water partition coefficient (Wildman–Crippen LogP) is 6.02. The van der Waals surface area contributed by atoms with E-state index in [2.05, 4.69) is 26.6 Å². The van der Waals surface area contributed by atoms with Crippen LogP contribution in [0.4, 0.5) is 11.4 Å². The third-order valence-corrected chi connectivity index (χ3v) is 8.29. The van der Waals surface area contributed by atoms with Crippen LogP contribution < -0.4 is 19.7 Å². The molecule has 0 heterocycles. The van der Waals surface area contributed by atoms with Crippen LogP contribution in [0.1, 0.15) is 15.9 Å². The summed E-state index contributed by atoms with van der Waals surface area (Å²) in [7, 11) is -2.24. The first-order chi connectivity index (χ1) is 18.7. The number of hydrogen-bond acceptors (Lipinski definition) is 5. The van der Waals surface area contributed by atoms with E-state index in [1.807, 2.05) is 36.4 Å². The van der Waals surface area contributed by atoms with E-state index < -0.39 is 15.9 Å². The van der Waals surface area contributed by atoms with Crippen molar-refractivity contribution in [3.8, 4) is 5.75 Å². The molecule has 39 heavy (non-hydrogen) atoms. The van der Waals surface area contributed by atoms with Gasteiger partial charge in [0.2, 0.25) is 0 Å². The van der Waals surface area contributed by atoms with Crippen molar-refractivity contribution in [2.45, 2.75) is 11.3 Å². The van der Waals surface area contributed by atoms with Crippen LogP contribution in [0.3, 0.4) is 0 Å². The lowest BCUT2D eigenvalue weighted by atomic mass is 10.1. The van der Waals surface area contributed by atoms with Gasteiger partial charge in [-0.15, -0.1) is 0 Å². The zero-order chi connectivity index (χ0) is 27.8. The molecule has 0 atom stereocenters. The molecule has 0 fully saturated rings. The van der Waals surface area contributed by atoms with Crippen LogP contribution >= 0.6 is 28.1 Å². The van der Waals surface area contributed by atoms with Crippen molar-refractivity contribution in [2.75, 3.05) is 23.3 Å². The van der Waals surface area contributed by atoms with Crippen molar-refractivity contribution in [1.29, 1.82) is 0 Å². The highest BCUT2D eigenvalue weighted by atomic mass is 79.9. The summed E-state index contributed by atoms with van der Waals surface area (Å²) in [6, 6.07) is 30.1. The Morgan fingerprint density at radius 3 is 2.23 bits per heavy atom. The molecule has 0 saturated carbocycles. The van der Waals surface area contributed by atoms with E-state index in [0.717, 1.165) is 10.0 Å². The van der Waals surface area contributed by atoms with Crippen molar-refractivity contribution in [3.63, 3.8) is 0 Å². The van der Waals surface area contributed by atoms with Gasteiger partial charge in [0, 0.05) is 23.6 Å². The maximum absolute atomic E-state index is 13.0. The average Bonchev–Trinajstić information content (AvgIpc) is 2.94. The molecule has 7 nitrogen and oxygen atoms in total. The van der Waals surface area contributed by atoms with Gasteiger partial charge in [-0.05, 0) is 72.4 Å². The predicted molar refractivity (Wildman–Crippen MR) is 162 cm³/mol. The van der Waals surface area contributed by atoms with Crippen molar-refractivity contribution < 1.29 is 17.9 Å². The molecule has 4 rings (SSSR count). The average molecular weight is 625 g/mol. The van der Waals surface area contributed by atoms with Gasteiger partial charge in [-0.1, -0.05) is 64.5 Å². The Labute approximate surface area is 242 Å². The number of benzene rings is 4. The molecule has 4 aromatic rings. The minimum absolute atomic E-state index is 0.0622. The highest BCUT2D eigenvalue weighted by Crippen LogP contribution is 2.25. The number of anilines is 2. The molecule has 0 aliphatic carbocycles. The number of para-hydroxylation sites is 1. The lowest BCUT2D eigenvalue weighted by molar-refractivity contribution is 0.0973. The SMILES string of the molecule is CN(c1ccccc1)S(=O)(=O)c1ccc(NC(=S)NC(=O)c2cc(Br)ccc2OCCc2ccccc2)cc1. The van der Waals surface area contributed by atoms with Crippen LogP contribution in [0.15, 0.2) is 112 Å². The summed E-state index contributed by atoms with van der Waals surface area (Å²) in [4.78, 5) is 13.1. The van der Waals surface area contributed by atoms with Crippen LogP contribution in [0.5, 0.6) is 5.75 Å². The fraction of sp³-hybridized carbons (Fsp3) is 0.103. The number of thiocarbonyl (C=S) groups is 1. The number of ether oxygens (including phenoxy) is 1. The lowest BCUT2D eigenvalue weighted by Gasteiger charge is -2.19. The molecular weight excluding hydrogens is 598 g/mol. The topological polar surface area (TPSA) is 87.7 Å². The molecule has 0 aliphatic heterocycles. The van der Waals surface area contributed by atoms with Gasteiger partial charge in [0.05, 0.1) is 22.8 Å². The van der Waals surface area contributed by atoms with Gasteiger partial charge in [-0.3, -0.25) is 14.4 Å². The molecular formula is C29H26BrN3O4S2. The molecule has 0 aliphatic rings. The zero-order valence-electron chi connectivity index (χ0n) is 21.0. The molecule has 0 saturated heterocycles. The summed E-state index contributed by atoms with van der Waals surface area (Å²) in [5.74, 6) is -0.00118. The quantitative estimate of drug-likeness (QED) is 0.222. The number of carbonyl (C=O) groups excluding carboxylic acids is 1. The molecule has 4 aromatic carbocycles. The molecule has 1 amide bonds. The Balaban J connectivity index is 1.38. The molecule has 0 radical (unpaired) electrons. The fourth-order valence-corrected chi connectivity index (χ4v) is 5.47. The molecule has 0 bridgehead atoms. The second kappa shape index (κ2) is 12.9. The third-order valence-electron chi connectivity index (χ3n) is 5.79. The number of carbonyl (C=O) groups is 1. The Morgan fingerprint density at radius 2 is 1.56 bits per heavy atom. The molecule has 0 unspecified atom stereocenters. The molecule has 0 spiro atoms. The monoisotopic (exact) mass is 623 g/mol. The van der Waals surface area contributed by atoms with Crippen LogP contribution in [-0.2, 0) is 16.4 Å². The molecule has 0 aromatic heterocycles. The Bertz CT molecular complexity index is 1550. The van der Waals surface area contributed by atoms with E-state index in [4.69, 9.17) is 17.0 Å². The first-order valence-corrected chi connectivity index (χ1v) is 14.6. The number of nitrogens with zero attached hydrogens (tertiary/aromatic N) is 1. The Kier molecular flexibility index (Phi) is 9.34. The molecule has 200 valence electrons. The lowest BCUT2D eigenvalue weighted by Crippen LogP contribution is -2.34. The van der Waals surface area contributed by atoms with Gasteiger partial charge in [0.1, 0.15) is 5.75 Å². The van der Waals surface area contributed by atoms with E-state index in [9.17, 15) is 13.2 Å². The number of rotatable bonds is 9. The van der Waals surface area contributed by atoms with E-state index in [1.54, 1.807) is 54.6 Å². The minimum Gasteiger partial charge on any atom is -0.492 e. The van der Waals surface area contributed by atoms with E-state index >= 15 is 0 Å². The first kappa shape index (κ1) is 28.3. The zero-order valence-corrected chi connectivity index (χ0v) is 24.2. The summed E-state index contributed by atoms with van der Waals surface area (Å²) in [6.45, 7) is 0.406. The van der Waals surface area contributed by atoms with Crippen LogP contribution in [0.25, 0.3) is 0 Å². The summed E-state index contributed by atoms with van der Waals surface area (Å²) in [5, 5.41) is 5.64. The molecule has 2 N–H and O–H groups in total. The van der Waals surface area contributed by atoms with Gasteiger partial charge < -0.3 is 10.1 Å². The Morgan fingerprint density at radius 1 is 0.923 bits per heavy atom. The van der Waals surface area contributed by atoms with Gasteiger partial charge in [0.25, 0.3) is 15.9 Å². The summed E-state index contributed by atoms with van der Waals surface area (Å²) in [6.07, 6.45) is 0.699. The van der Waals surface area contributed by atoms with Gasteiger partial charge in [0.15, 0.2) is 5.11 Å². The number of sulfonamides is 1. The fourth-order valence-electron chi connectivity index (χ4n) is 3.71. The first-order valence-electron chi connectivity index (χ1n) is 12.0. The number of amides is 1. The number of halogens is 1. The van der Waals surface area contributed by atoms with Crippen molar-refractivity contribution in [2.24, 2.45) is 0 Å². The summed E-state index contributed by atoms with van der Waals surface area (Å²) < 4.78 is 33.8. The third kappa shape index (κ3) is 7.44. The summed E-state index contributed by atoms with van der Waals surface area (Å²) >= 11 is 8.73. The number of nitrogens with one attached hydrogen (secondary N) is 2. The van der Waals surface area contributed by atoms with E-state index in [0.29, 0.717) is 35.7 Å². The van der Waals surface area contributed by atoms with Crippen LogP contribution in [-0.4, -0.2) is 33.1 Å². The maximum atomic E-state index is 13.0. The van der Waals surface area contributed by atoms with E-state index in [1.165, 1.54) is 23.5 Å². The van der Waals surface area contributed by atoms with Crippen molar-refractivity contribution in [1.82, 2.24) is 5.32 Å².